The average Bonchev–Trinajstić information content (AvgIpc) is 2.49. The number of halogens is 1. The molecule has 5 heteroatoms. The number of quaternary nitrogens is 1. The van der Waals surface area contributed by atoms with Crippen LogP contribution < -0.4 is 15.0 Å². The van der Waals surface area contributed by atoms with Crippen molar-refractivity contribution in [1.82, 2.24) is 0 Å². The molecule has 0 saturated carbocycles. The Morgan fingerprint density at radius 2 is 2.23 bits per heavy atom. The van der Waals surface area contributed by atoms with Gasteiger partial charge in [-0.25, -0.2) is 0 Å². The van der Waals surface area contributed by atoms with Crippen LogP contribution in [0.3, 0.4) is 0 Å². The molecule has 1 heterocycles. The normalized spacial score (nSPS) is 23.0. The zero-order chi connectivity index (χ0) is 16.3. The molecule has 1 fully saturated rings. The predicted octanol–water partition coefficient (Wildman–Crippen LogP) is 2.30. The van der Waals surface area contributed by atoms with Crippen LogP contribution >= 0.6 is 11.6 Å². The number of likely N-dealkylation sites (tertiary alicyclic amines) is 1. The van der Waals surface area contributed by atoms with Crippen LogP contribution in [-0.4, -0.2) is 32.1 Å². The first kappa shape index (κ1) is 17.1. The summed E-state index contributed by atoms with van der Waals surface area (Å²) in [5.74, 6) is 1.31. The molecular formula is C17H26ClN2O2+. The number of amides is 1. The van der Waals surface area contributed by atoms with E-state index in [1.54, 1.807) is 13.2 Å². The quantitative estimate of drug-likeness (QED) is 0.892. The fourth-order valence-electron chi connectivity index (χ4n) is 3.08. The number of anilines is 1. The molecule has 22 heavy (non-hydrogen) atoms. The van der Waals surface area contributed by atoms with E-state index < -0.39 is 0 Å². The summed E-state index contributed by atoms with van der Waals surface area (Å²) in [4.78, 5) is 13.9. The maximum absolute atomic E-state index is 12.6. The van der Waals surface area contributed by atoms with Gasteiger partial charge in [0.05, 0.1) is 25.9 Å². The molecule has 122 valence electrons. The van der Waals surface area contributed by atoms with Crippen molar-refractivity contribution in [2.75, 3.05) is 25.5 Å². The Labute approximate surface area is 137 Å². The summed E-state index contributed by atoms with van der Waals surface area (Å²) in [5.41, 5.74) is 1.61. The highest BCUT2D eigenvalue weighted by Crippen LogP contribution is 2.30. The Kier molecular flexibility index (Phi) is 5.70. The number of aryl methyl sites for hydroxylation is 1. The number of carbonyl (C=O) groups excluding carboxylic acids is 1. The molecule has 0 bridgehead atoms. The second kappa shape index (κ2) is 7.34. The van der Waals surface area contributed by atoms with Crippen molar-refractivity contribution < 1.29 is 14.4 Å². The van der Waals surface area contributed by atoms with Crippen LogP contribution in [0.5, 0.6) is 5.75 Å². The van der Waals surface area contributed by atoms with Gasteiger partial charge in [0, 0.05) is 17.0 Å². The Morgan fingerprint density at radius 1 is 1.50 bits per heavy atom. The highest BCUT2D eigenvalue weighted by Gasteiger charge is 2.29. The van der Waals surface area contributed by atoms with Crippen LogP contribution in [0, 0.1) is 12.8 Å². The number of hydrogen-bond acceptors (Lipinski definition) is 2. The van der Waals surface area contributed by atoms with E-state index in [4.69, 9.17) is 16.3 Å². The third kappa shape index (κ3) is 3.93. The Balaban J connectivity index is 2.09. The minimum absolute atomic E-state index is 0.0316. The number of rotatable bonds is 4. The molecule has 1 aliphatic heterocycles. The van der Waals surface area contributed by atoms with Gasteiger partial charge in [0.25, 0.3) is 5.91 Å². The maximum atomic E-state index is 12.6. The molecule has 1 saturated heterocycles. The van der Waals surface area contributed by atoms with Crippen molar-refractivity contribution in [2.24, 2.45) is 5.92 Å². The standard InChI is InChI=1S/C17H25ClN2O2/c1-11-6-5-7-20(10-11)13(3)17(21)19-15-8-12(2)14(18)9-16(15)22-4/h8-9,11,13H,5-7,10H2,1-4H3,(H,19,21)/p+1/t11-,13-/m0/s1. The van der Waals surface area contributed by atoms with Crippen molar-refractivity contribution in [3.63, 3.8) is 0 Å². The lowest BCUT2D eigenvalue weighted by molar-refractivity contribution is -0.922. The lowest BCUT2D eigenvalue weighted by atomic mass is 9.99. The molecule has 1 aliphatic rings. The minimum Gasteiger partial charge on any atom is -0.495 e. The lowest BCUT2D eigenvalue weighted by Crippen LogP contribution is -3.17. The van der Waals surface area contributed by atoms with Gasteiger partial charge in [-0.1, -0.05) is 18.5 Å². The second-order valence-corrected chi connectivity index (χ2v) is 6.78. The van der Waals surface area contributed by atoms with Gasteiger partial charge < -0.3 is 15.0 Å². The van der Waals surface area contributed by atoms with Gasteiger partial charge in [0.2, 0.25) is 0 Å². The summed E-state index contributed by atoms with van der Waals surface area (Å²) in [6.07, 6.45) is 2.46. The van der Waals surface area contributed by atoms with Gasteiger partial charge in [-0.2, -0.15) is 0 Å². The molecule has 3 atom stereocenters. The van der Waals surface area contributed by atoms with Gasteiger partial charge in [-0.3, -0.25) is 4.79 Å². The molecule has 1 aromatic carbocycles. The van der Waals surface area contributed by atoms with Crippen LogP contribution in [0.1, 0.15) is 32.3 Å². The molecule has 1 amide bonds. The third-order valence-corrected chi connectivity index (χ3v) is 4.96. The van der Waals surface area contributed by atoms with E-state index in [0.29, 0.717) is 22.4 Å². The van der Waals surface area contributed by atoms with Gasteiger partial charge >= 0.3 is 0 Å². The lowest BCUT2D eigenvalue weighted by Gasteiger charge is -2.31. The van der Waals surface area contributed by atoms with Gasteiger partial charge in [-0.05, 0) is 38.3 Å². The van der Waals surface area contributed by atoms with Gasteiger partial charge in [-0.15, -0.1) is 0 Å². The molecule has 1 unspecified atom stereocenters. The summed E-state index contributed by atoms with van der Waals surface area (Å²) >= 11 is 6.10. The van der Waals surface area contributed by atoms with Crippen LogP contribution in [0.2, 0.25) is 5.02 Å². The van der Waals surface area contributed by atoms with Crippen LogP contribution in [0.15, 0.2) is 12.1 Å². The van der Waals surface area contributed by atoms with Crippen molar-refractivity contribution >= 4 is 23.2 Å². The minimum atomic E-state index is -0.0663. The first-order chi connectivity index (χ1) is 10.4. The number of methoxy groups -OCH3 is 1. The number of hydrogen-bond donors (Lipinski definition) is 2. The zero-order valence-electron chi connectivity index (χ0n) is 13.8. The summed E-state index contributed by atoms with van der Waals surface area (Å²) in [5, 5.41) is 3.64. The van der Waals surface area contributed by atoms with Crippen LogP contribution in [-0.2, 0) is 4.79 Å². The van der Waals surface area contributed by atoms with E-state index >= 15 is 0 Å². The van der Waals surface area contributed by atoms with E-state index in [-0.39, 0.29) is 11.9 Å². The van der Waals surface area contributed by atoms with E-state index in [1.807, 2.05) is 19.9 Å². The summed E-state index contributed by atoms with van der Waals surface area (Å²) in [6.45, 7) is 8.30. The Bertz CT molecular complexity index is 548. The zero-order valence-corrected chi connectivity index (χ0v) is 14.6. The van der Waals surface area contributed by atoms with Crippen molar-refractivity contribution in [3.05, 3.63) is 22.7 Å². The Morgan fingerprint density at radius 3 is 2.86 bits per heavy atom. The van der Waals surface area contributed by atoms with E-state index in [0.717, 1.165) is 18.7 Å². The smallest absolute Gasteiger partial charge is 0.282 e. The summed E-state index contributed by atoms with van der Waals surface area (Å²) in [6, 6.07) is 3.54. The molecule has 0 aliphatic carbocycles. The molecule has 0 radical (unpaired) electrons. The summed E-state index contributed by atoms with van der Waals surface area (Å²) < 4.78 is 5.32. The fourth-order valence-corrected chi connectivity index (χ4v) is 3.23. The average molecular weight is 326 g/mol. The number of nitrogens with one attached hydrogen (secondary N) is 2. The van der Waals surface area contributed by atoms with Crippen molar-refractivity contribution in [3.8, 4) is 5.75 Å². The predicted molar refractivity (Wildman–Crippen MR) is 89.9 cm³/mol. The number of piperidine rings is 1. The molecule has 2 rings (SSSR count). The largest absolute Gasteiger partial charge is 0.495 e. The fraction of sp³-hybridized carbons (Fsp3) is 0.588. The molecule has 2 N–H and O–H groups in total. The van der Waals surface area contributed by atoms with Crippen LogP contribution in [0.4, 0.5) is 5.69 Å². The molecule has 0 aromatic heterocycles. The molecule has 0 spiro atoms. The molecule has 4 nitrogen and oxygen atoms in total. The van der Waals surface area contributed by atoms with E-state index in [9.17, 15) is 4.79 Å². The van der Waals surface area contributed by atoms with Gasteiger partial charge in [0.15, 0.2) is 6.04 Å². The maximum Gasteiger partial charge on any atom is 0.282 e. The second-order valence-electron chi connectivity index (χ2n) is 6.37. The van der Waals surface area contributed by atoms with Crippen molar-refractivity contribution in [2.45, 2.75) is 39.7 Å². The number of ether oxygens (including phenoxy) is 1. The van der Waals surface area contributed by atoms with E-state index in [1.165, 1.54) is 17.7 Å². The summed E-state index contributed by atoms with van der Waals surface area (Å²) in [7, 11) is 1.58. The monoisotopic (exact) mass is 325 g/mol. The van der Waals surface area contributed by atoms with Crippen LogP contribution in [0.25, 0.3) is 0 Å². The van der Waals surface area contributed by atoms with Gasteiger partial charge in [0.1, 0.15) is 5.75 Å². The molecular weight excluding hydrogens is 300 g/mol. The number of benzene rings is 1. The first-order valence-corrected chi connectivity index (χ1v) is 8.29. The topological polar surface area (TPSA) is 42.8 Å². The SMILES string of the molecule is COc1cc(Cl)c(C)cc1NC(=O)[C@H](C)[NH+]1CCC[C@H](C)C1. The van der Waals surface area contributed by atoms with Crippen molar-refractivity contribution in [1.29, 1.82) is 0 Å². The highest BCUT2D eigenvalue weighted by molar-refractivity contribution is 6.31. The highest BCUT2D eigenvalue weighted by atomic mass is 35.5. The first-order valence-electron chi connectivity index (χ1n) is 7.92. The molecule has 1 aromatic rings. The third-order valence-electron chi connectivity index (χ3n) is 4.55. The van der Waals surface area contributed by atoms with E-state index in [2.05, 4.69) is 12.2 Å². The number of carbonyl (C=O) groups is 1. The Hall–Kier alpha value is -1.26.